The number of ether oxygens (including phenoxy) is 3. The van der Waals surface area contributed by atoms with E-state index in [0.717, 1.165) is 113 Å². The van der Waals surface area contributed by atoms with E-state index in [4.69, 9.17) is 14.2 Å². The van der Waals surface area contributed by atoms with E-state index in [1.54, 1.807) is 72.8 Å². The lowest BCUT2D eigenvalue weighted by Gasteiger charge is -2.38. The number of hydrogen-bond acceptors (Lipinski definition) is 12. The molecule has 6 heterocycles. The van der Waals surface area contributed by atoms with Gasteiger partial charge in [0.05, 0.1) is 48.5 Å². The van der Waals surface area contributed by atoms with Gasteiger partial charge in [-0.3, -0.25) is 12.9 Å². The highest BCUT2D eigenvalue weighted by atomic mass is 32.2. The summed E-state index contributed by atoms with van der Waals surface area (Å²) in [4.78, 5) is 37.7. The van der Waals surface area contributed by atoms with E-state index in [1.807, 2.05) is 20.8 Å². The van der Waals surface area contributed by atoms with Crippen LogP contribution in [0.15, 0.2) is 121 Å². The molecule has 384 valence electrons. The van der Waals surface area contributed by atoms with Crippen LogP contribution in [0.25, 0.3) is 0 Å². The summed E-state index contributed by atoms with van der Waals surface area (Å²) in [5, 5.41) is 0. The molecule has 0 aromatic heterocycles. The highest BCUT2D eigenvalue weighted by Crippen LogP contribution is 2.53. The molecule has 3 fully saturated rings. The summed E-state index contributed by atoms with van der Waals surface area (Å²) in [6.07, 6.45) is 14.7. The van der Waals surface area contributed by atoms with Crippen molar-refractivity contribution < 1.29 is 53.8 Å². The molecule has 6 aliphatic heterocycles. The Balaban J connectivity index is 0.000000124. The minimum absolute atomic E-state index is 0.271. The van der Waals surface area contributed by atoms with Crippen LogP contribution in [0.2, 0.25) is 0 Å². The molecule has 0 atom stereocenters. The van der Waals surface area contributed by atoms with Crippen molar-refractivity contribution in [1.29, 1.82) is 0 Å². The van der Waals surface area contributed by atoms with Crippen LogP contribution in [0.1, 0.15) is 132 Å². The maximum atomic E-state index is 13.1. The van der Waals surface area contributed by atoms with Gasteiger partial charge in [0, 0.05) is 38.9 Å². The maximum absolute atomic E-state index is 13.1. The van der Waals surface area contributed by atoms with Crippen molar-refractivity contribution in [3.8, 4) is 0 Å². The second-order valence-corrected chi connectivity index (χ2v) is 26.3. The first kappa shape index (κ1) is 50.1. The molecular formula is C54H63N3O12S3. The van der Waals surface area contributed by atoms with Crippen LogP contribution in [0.3, 0.4) is 0 Å². The number of aryl methyl sites for hydroxylation is 3. The summed E-state index contributed by atoms with van der Waals surface area (Å²) in [6, 6.07) is 20.6. The number of fused-ring (bicyclic) bond motifs is 3. The first-order valence-electron chi connectivity index (χ1n) is 25.5. The summed E-state index contributed by atoms with van der Waals surface area (Å²) in [5.74, 6) is -0.976. The van der Waals surface area contributed by atoms with Crippen molar-refractivity contribution in [1.82, 2.24) is 12.9 Å². The summed E-state index contributed by atoms with van der Waals surface area (Å²) >= 11 is 0. The number of sulfonamides is 3. The lowest BCUT2D eigenvalue weighted by Crippen LogP contribution is -2.43. The quantitative estimate of drug-likeness (QED) is 0.169. The van der Waals surface area contributed by atoms with E-state index in [9.17, 15) is 39.6 Å². The molecule has 3 saturated carbocycles. The SMILES string of the molecule is Cc1ccc(S(=O)(=O)N2CCC3=C2C2(CCCCC2)OC3=O)cc1.Cc1ccc(S(=O)(=O)N2CCC3=C2C2(CCCCC2)OC3=O)cc1.Cc1ccc(S(=O)(=O)N2CCC3=C2C2(CCCCC2)OC3=O)cc1. The topological polar surface area (TPSA) is 191 Å². The maximum Gasteiger partial charge on any atom is 0.336 e. The molecule has 0 saturated heterocycles. The van der Waals surface area contributed by atoms with Gasteiger partial charge < -0.3 is 14.2 Å². The number of esters is 3. The Bertz CT molecular complexity index is 2790. The van der Waals surface area contributed by atoms with E-state index in [2.05, 4.69) is 0 Å². The smallest absolute Gasteiger partial charge is 0.336 e. The molecule has 12 rings (SSSR count). The highest BCUT2D eigenvalue weighted by Gasteiger charge is 2.58. The normalized spacial score (nSPS) is 22.9. The van der Waals surface area contributed by atoms with Gasteiger partial charge in [-0.1, -0.05) is 72.4 Å². The zero-order valence-electron chi connectivity index (χ0n) is 41.2. The largest absolute Gasteiger partial charge is 0.449 e. The molecule has 3 aromatic rings. The zero-order chi connectivity index (χ0) is 50.8. The van der Waals surface area contributed by atoms with Crippen molar-refractivity contribution in [2.45, 2.75) is 168 Å². The van der Waals surface area contributed by atoms with E-state index in [1.165, 1.54) is 12.9 Å². The van der Waals surface area contributed by atoms with Gasteiger partial charge in [-0.15, -0.1) is 0 Å². The van der Waals surface area contributed by atoms with E-state index >= 15 is 0 Å². The van der Waals surface area contributed by atoms with E-state index in [-0.39, 0.29) is 32.6 Å². The lowest BCUT2D eigenvalue weighted by atomic mass is 9.82. The number of carbonyl (C=O) groups excluding carboxylic acids is 3. The predicted octanol–water partition coefficient (Wildman–Crippen LogP) is 8.71. The number of hydrogen-bond donors (Lipinski definition) is 0. The highest BCUT2D eigenvalue weighted by molar-refractivity contribution is 7.89. The Hall–Kier alpha value is -5.46. The monoisotopic (exact) mass is 1040 g/mol. The van der Waals surface area contributed by atoms with Gasteiger partial charge in [0.15, 0.2) is 16.8 Å². The van der Waals surface area contributed by atoms with Crippen LogP contribution >= 0.6 is 0 Å². The minimum Gasteiger partial charge on any atom is -0.449 e. The molecule has 0 N–H and O–H groups in total. The number of rotatable bonds is 6. The fourth-order valence-corrected chi connectivity index (χ4v) is 17.1. The Morgan fingerprint density at radius 3 is 0.806 bits per heavy atom. The van der Waals surface area contributed by atoms with Crippen LogP contribution in [-0.4, -0.2) is 92.5 Å². The molecule has 9 aliphatic rings. The summed E-state index contributed by atoms with van der Waals surface area (Å²) in [6.45, 7) is 6.77. The van der Waals surface area contributed by atoms with Crippen molar-refractivity contribution in [3.63, 3.8) is 0 Å². The van der Waals surface area contributed by atoms with Gasteiger partial charge in [0.1, 0.15) is 0 Å². The fraction of sp³-hybridized carbons (Fsp3) is 0.500. The Morgan fingerprint density at radius 1 is 0.361 bits per heavy atom. The van der Waals surface area contributed by atoms with Crippen molar-refractivity contribution >= 4 is 48.0 Å². The summed E-state index contributed by atoms with van der Waals surface area (Å²) in [7, 11) is -11.0. The summed E-state index contributed by atoms with van der Waals surface area (Å²) < 4.78 is 100. The molecule has 15 nitrogen and oxygen atoms in total. The third-order valence-electron chi connectivity index (χ3n) is 16.0. The third kappa shape index (κ3) is 8.55. The van der Waals surface area contributed by atoms with Crippen LogP contribution in [0.4, 0.5) is 0 Å². The molecule has 72 heavy (non-hydrogen) atoms. The number of carbonyl (C=O) groups is 3. The zero-order valence-corrected chi connectivity index (χ0v) is 43.7. The molecule has 0 amide bonds. The molecule has 3 aromatic carbocycles. The number of benzene rings is 3. The van der Waals surface area contributed by atoms with Gasteiger partial charge in [0.25, 0.3) is 30.1 Å². The van der Waals surface area contributed by atoms with Gasteiger partial charge in [-0.05, 0) is 134 Å². The minimum atomic E-state index is -3.67. The number of nitrogens with zero attached hydrogens (tertiary/aromatic N) is 3. The third-order valence-corrected chi connectivity index (χ3v) is 21.4. The lowest BCUT2D eigenvalue weighted by molar-refractivity contribution is -0.151. The Morgan fingerprint density at radius 2 is 0.583 bits per heavy atom. The molecular weight excluding hydrogens is 979 g/mol. The average Bonchev–Trinajstić information content (AvgIpc) is 4.23. The fourth-order valence-electron chi connectivity index (χ4n) is 12.4. The van der Waals surface area contributed by atoms with Crippen molar-refractivity contribution in [3.05, 3.63) is 123 Å². The molecule has 0 bridgehead atoms. The van der Waals surface area contributed by atoms with E-state index < -0.39 is 46.9 Å². The first-order valence-corrected chi connectivity index (χ1v) is 29.8. The first-order chi connectivity index (χ1) is 34.3. The van der Waals surface area contributed by atoms with Crippen LogP contribution in [-0.2, 0) is 58.7 Å². The van der Waals surface area contributed by atoms with Crippen molar-refractivity contribution in [2.24, 2.45) is 0 Å². The van der Waals surface area contributed by atoms with Crippen LogP contribution in [0, 0.1) is 20.8 Å². The Kier molecular flexibility index (Phi) is 13.1. The molecule has 0 unspecified atom stereocenters. The van der Waals surface area contributed by atoms with Crippen LogP contribution in [0.5, 0.6) is 0 Å². The molecule has 18 heteroatoms. The summed E-state index contributed by atoms with van der Waals surface area (Å²) in [5.41, 5.74) is 4.41. The molecule has 3 aliphatic carbocycles. The Labute approximate surface area is 423 Å². The molecule has 0 radical (unpaired) electrons. The van der Waals surface area contributed by atoms with Gasteiger partial charge >= 0.3 is 17.9 Å². The van der Waals surface area contributed by atoms with Crippen molar-refractivity contribution in [2.75, 3.05) is 19.6 Å². The molecule has 3 spiro atoms. The standard InChI is InChI=1S/3C18H21NO4S/c3*1-13-5-7-14(8-6-13)24(21,22)19-12-9-15-16(19)18(23-17(15)20)10-3-2-4-11-18/h3*5-8H,2-4,9-12H2,1H3. The van der Waals surface area contributed by atoms with Gasteiger partial charge in [0.2, 0.25) is 0 Å². The van der Waals surface area contributed by atoms with E-state index in [0.29, 0.717) is 72.7 Å². The second-order valence-electron chi connectivity index (χ2n) is 20.7. The average molecular weight is 1040 g/mol. The van der Waals surface area contributed by atoms with Crippen LogP contribution < -0.4 is 0 Å². The van der Waals surface area contributed by atoms with Gasteiger partial charge in [-0.25, -0.2) is 39.6 Å². The predicted molar refractivity (Wildman–Crippen MR) is 266 cm³/mol. The second kappa shape index (κ2) is 18.8. The van der Waals surface area contributed by atoms with Gasteiger partial charge in [-0.2, -0.15) is 0 Å².